The van der Waals surface area contributed by atoms with Gasteiger partial charge in [-0.2, -0.15) is 5.26 Å². The Bertz CT molecular complexity index is 1270. The number of pyridine rings is 2. The van der Waals surface area contributed by atoms with Crippen LogP contribution in [0.15, 0.2) is 41.5 Å². The summed E-state index contributed by atoms with van der Waals surface area (Å²) in [4.78, 5) is 30.2. The molecule has 1 N–H and O–H groups in total. The van der Waals surface area contributed by atoms with Crippen molar-refractivity contribution in [3.8, 4) is 17.7 Å². The van der Waals surface area contributed by atoms with Crippen LogP contribution in [-0.2, 0) is 6.54 Å². The molecule has 0 saturated heterocycles. The molecular formula is C24H21Cl2N3O4. The van der Waals surface area contributed by atoms with E-state index in [9.17, 15) is 20.0 Å². The maximum absolute atomic E-state index is 13.4. The van der Waals surface area contributed by atoms with E-state index in [1.54, 1.807) is 18.3 Å². The van der Waals surface area contributed by atoms with Crippen LogP contribution < -0.4 is 10.3 Å². The van der Waals surface area contributed by atoms with Crippen molar-refractivity contribution in [3.63, 3.8) is 0 Å². The minimum Gasteiger partial charge on any atom is -0.494 e. The lowest BCUT2D eigenvalue weighted by molar-refractivity contribution is 0.103. The van der Waals surface area contributed by atoms with Crippen LogP contribution in [0.5, 0.6) is 11.6 Å². The molecule has 0 spiro atoms. The third-order valence-corrected chi connectivity index (χ3v) is 5.66. The van der Waals surface area contributed by atoms with E-state index < -0.39 is 17.2 Å². The predicted molar refractivity (Wildman–Crippen MR) is 125 cm³/mol. The number of halogens is 2. The van der Waals surface area contributed by atoms with Gasteiger partial charge >= 0.3 is 0 Å². The summed E-state index contributed by atoms with van der Waals surface area (Å²) < 4.78 is 6.59. The van der Waals surface area contributed by atoms with E-state index in [1.807, 2.05) is 13.0 Å². The lowest BCUT2D eigenvalue weighted by Crippen LogP contribution is -2.27. The summed E-state index contributed by atoms with van der Waals surface area (Å²) in [5.41, 5.74) is -0.354. The van der Waals surface area contributed by atoms with E-state index in [0.29, 0.717) is 12.2 Å². The molecular weight excluding hydrogens is 465 g/mol. The quantitative estimate of drug-likeness (QED) is 0.359. The van der Waals surface area contributed by atoms with Crippen LogP contribution in [0.2, 0.25) is 10.0 Å². The van der Waals surface area contributed by atoms with Gasteiger partial charge in [-0.3, -0.25) is 19.1 Å². The van der Waals surface area contributed by atoms with Crippen molar-refractivity contribution in [1.82, 2.24) is 9.55 Å². The Balaban J connectivity index is 2.11. The molecule has 0 fully saturated rings. The Morgan fingerprint density at radius 1 is 1.30 bits per heavy atom. The fraction of sp³-hybridized carbons (Fsp3) is 0.250. The van der Waals surface area contributed by atoms with Gasteiger partial charge in [-0.05, 0) is 42.7 Å². The molecule has 0 unspecified atom stereocenters. The van der Waals surface area contributed by atoms with E-state index in [0.717, 1.165) is 17.4 Å². The number of benzene rings is 1. The van der Waals surface area contributed by atoms with Crippen LogP contribution in [0, 0.1) is 18.3 Å². The van der Waals surface area contributed by atoms with Crippen LogP contribution in [0.1, 0.15) is 52.4 Å². The second-order valence-corrected chi connectivity index (χ2v) is 8.18. The molecule has 170 valence electrons. The summed E-state index contributed by atoms with van der Waals surface area (Å²) in [6.45, 7) is 3.81. The number of rotatable bonds is 8. The molecule has 0 aliphatic rings. The number of aromatic nitrogens is 2. The monoisotopic (exact) mass is 485 g/mol. The summed E-state index contributed by atoms with van der Waals surface area (Å²) in [5.74, 6) is -0.922. The number of nitriles is 1. The zero-order chi connectivity index (χ0) is 24.1. The van der Waals surface area contributed by atoms with Crippen molar-refractivity contribution >= 4 is 29.0 Å². The normalized spacial score (nSPS) is 10.6. The molecule has 0 radical (unpaired) electrons. The van der Waals surface area contributed by atoms with Crippen molar-refractivity contribution in [2.75, 3.05) is 6.61 Å². The fourth-order valence-electron chi connectivity index (χ4n) is 3.34. The Hall–Kier alpha value is -3.34. The molecule has 3 aromatic rings. The van der Waals surface area contributed by atoms with Crippen LogP contribution in [-0.4, -0.2) is 27.0 Å². The summed E-state index contributed by atoms with van der Waals surface area (Å²) >= 11 is 12.6. The lowest BCUT2D eigenvalue weighted by atomic mass is 9.97. The third-order valence-electron chi connectivity index (χ3n) is 5.10. The predicted octanol–water partition coefficient (Wildman–Crippen LogP) is 4.89. The van der Waals surface area contributed by atoms with Crippen LogP contribution >= 0.6 is 23.2 Å². The van der Waals surface area contributed by atoms with Crippen molar-refractivity contribution in [3.05, 3.63) is 84.9 Å². The summed E-state index contributed by atoms with van der Waals surface area (Å²) in [6, 6.07) is 8.00. The van der Waals surface area contributed by atoms with Crippen molar-refractivity contribution in [2.24, 2.45) is 0 Å². The summed E-state index contributed by atoms with van der Waals surface area (Å²) in [7, 11) is 0. The van der Waals surface area contributed by atoms with Gasteiger partial charge in [0.25, 0.3) is 5.56 Å². The van der Waals surface area contributed by atoms with Gasteiger partial charge in [-0.25, -0.2) is 0 Å². The van der Waals surface area contributed by atoms with Gasteiger partial charge in [0, 0.05) is 18.0 Å². The van der Waals surface area contributed by atoms with Gasteiger partial charge in [0.15, 0.2) is 11.5 Å². The van der Waals surface area contributed by atoms with E-state index in [4.69, 9.17) is 27.9 Å². The minimum atomic E-state index is -0.705. The molecule has 7 nitrogen and oxygen atoms in total. The van der Waals surface area contributed by atoms with E-state index in [1.165, 1.54) is 25.3 Å². The number of ether oxygens (including phenoxy) is 1. The molecule has 0 amide bonds. The van der Waals surface area contributed by atoms with Crippen LogP contribution in [0.25, 0.3) is 0 Å². The molecule has 33 heavy (non-hydrogen) atoms. The first-order valence-corrected chi connectivity index (χ1v) is 11.0. The molecule has 2 heterocycles. The molecule has 2 aromatic heterocycles. The number of hydrogen-bond acceptors (Lipinski definition) is 6. The first-order chi connectivity index (χ1) is 15.8. The highest BCUT2D eigenvalue weighted by atomic mass is 35.5. The highest BCUT2D eigenvalue weighted by molar-refractivity contribution is 6.38. The standard InChI is InChI=1S/C24H21Cl2N3O4/c1-3-4-8-33-22-18(25)9-16(10-19(22)26)21(30)20-14(2)17(11-27)23(31)29(24(20)32)13-15-6-5-7-28-12-15/h5-7,9-10,12,32H,3-4,8,13H2,1-2H3. The number of aromatic hydroxyl groups is 1. The molecule has 0 saturated carbocycles. The Labute approximate surface area is 200 Å². The molecule has 0 atom stereocenters. The number of ketones is 1. The number of hydrogen-bond donors (Lipinski definition) is 1. The average molecular weight is 486 g/mol. The Morgan fingerprint density at radius 2 is 2.00 bits per heavy atom. The molecule has 9 heteroatoms. The van der Waals surface area contributed by atoms with Gasteiger partial charge in [-0.1, -0.05) is 42.6 Å². The summed E-state index contributed by atoms with van der Waals surface area (Å²) in [5, 5.41) is 20.8. The zero-order valence-electron chi connectivity index (χ0n) is 18.1. The SMILES string of the molecule is CCCCOc1c(Cl)cc(C(=O)c2c(C)c(C#N)c(=O)n(Cc3cccnc3)c2O)cc1Cl. The fourth-order valence-corrected chi connectivity index (χ4v) is 3.93. The van der Waals surface area contributed by atoms with E-state index >= 15 is 0 Å². The van der Waals surface area contributed by atoms with Crippen LogP contribution in [0.3, 0.4) is 0 Å². The number of nitrogens with zero attached hydrogens (tertiary/aromatic N) is 3. The molecule has 0 aliphatic carbocycles. The van der Waals surface area contributed by atoms with Crippen molar-refractivity contribution in [1.29, 1.82) is 5.26 Å². The molecule has 1 aromatic carbocycles. The minimum absolute atomic E-state index is 0.0700. The second-order valence-electron chi connectivity index (χ2n) is 7.36. The highest BCUT2D eigenvalue weighted by Gasteiger charge is 2.26. The molecule has 0 aliphatic heterocycles. The van der Waals surface area contributed by atoms with Gasteiger partial charge in [0.1, 0.15) is 11.6 Å². The van der Waals surface area contributed by atoms with Gasteiger partial charge in [-0.15, -0.1) is 0 Å². The third kappa shape index (κ3) is 5.03. The van der Waals surface area contributed by atoms with Gasteiger partial charge in [0.05, 0.1) is 28.8 Å². The topological polar surface area (TPSA) is 105 Å². The molecule has 0 bridgehead atoms. The van der Waals surface area contributed by atoms with E-state index in [-0.39, 0.29) is 44.6 Å². The first kappa shape index (κ1) is 24.3. The number of unbranched alkanes of at least 4 members (excludes halogenated alkanes) is 1. The maximum Gasteiger partial charge on any atom is 0.271 e. The van der Waals surface area contributed by atoms with Gasteiger partial charge in [0.2, 0.25) is 5.88 Å². The van der Waals surface area contributed by atoms with E-state index in [2.05, 4.69) is 4.98 Å². The number of carbonyl (C=O) groups excluding carboxylic acids is 1. The smallest absolute Gasteiger partial charge is 0.271 e. The maximum atomic E-state index is 13.4. The van der Waals surface area contributed by atoms with Crippen LogP contribution in [0.4, 0.5) is 0 Å². The lowest BCUT2D eigenvalue weighted by Gasteiger charge is -2.16. The Kier molecular flexibility index (Phi) is 7.75. The van der Waals surface area contributed by atoms with Crippen molar-refractivity contribution in [2.45, 2.75) is 33.2 Å². The first-order valence-electron chi connectivity index (χ1n) is 10.2. The Morgan fingerprint density at radius 3 is 2.58 bits per heavy atom. The largest absolute Gasteiger partial charge is 0.494 e. The average Bonchev–Trinajstić information content (AvgIpc) is 2.79. The summed E-state index contributed by atoms with van der Waals surface area (Å²) in [6.07, 6.45) is 4.84. The zero-order valence-corrected chi connectivity index (χ0v) is 19.6. The second kappa shape index (κ2) is 10.5. The molecule has 3 rings (SSSR count). The highest BCUT2D eigenvalue weighted by Crippen LogP contribution is 2.36. The number of carbonyl (C=O) groups is 1. The van der Waals surface area contributed by atoms with Gasteiger partial charge < -0.3 is 9.84 Å². The van der Waals surface area contributed by atoms with Crippen molar-refractivity contribution < 1.29 is 14.6 Å².